The van der Waals surface area contributed by atoms with Gasteiger partial charge in [-0.1, -0.05) is 25.4 Å². The van der Waals surface area contributed by atoms with Crippen LogP contribution in [0.5, 0.6) is 0 Å². The molecular formula is C13H17BFN3O2. The lowest BCUT2D eigenvalue weighted by Gasteiger charge is -2.18. The molecule has 1 atom stereocenters. The summed E-state index contributed by atoms with van der Waals surface area (Å²) in [5.41, 5.74) is 5.43. The molecule has 0 fully saturated rings. The third-order valence-corrected chi connectivity index (χ3v) is 2.60. The zero-order valence-electron chi connectivity index (χ0n) is 11.4. The molecule has 0 saturated heterocycles. The summed E-state index contributed by atoms with van der Waals surface area (Å²) < 4.78 is 13.5. The van der Waals surface area contributed by atoms with Gasteiger partial charge < -0.3 is 16.4 Å². The van der Waals surface area contributed by atoms with Crippen molar-refractivity contribution in [2.24, 2.45) is 11.7 Å². The van der Waals surface area contributed by atoms with Gasteiger partial charge in [-0.25, -0.2) is 9.18 Å². The highest BCUT2D eigenvalue weighted by molar-refractivity contribution is 6.32. The van der Waals surface area contributed by atoms with Gasteiger partial charge in [0.05, 0.1) is 5.69 Å². The summed E-state index contributed by atoms with van der Waals surface area (Å²) in [6.45, 7) is 3.80. The molecule has 0 aliphatic rings. The number of hydrogen-bond acceptors (Lipinski definition) is 2. The van der Waals surface area contributed by atoms with Gasteiger partial charge in [-0.15, -0.1) is 0 Å². The van der Waals surface area contributed by atoms with Crippen LogP contribution in [0.25, 0.3) is 0 Å². The standard InChI is InChI=1S/C13H17BFN3O2/c1-7(2)5-11(12(16)19)18-13(20)17-10-4-3-8(14)6-9(10)15/h3-4,6-7,11H,5H2,1-2H3,(H2,16,19)(H2,17,18,20). The topological polar surface area (TPSA) is 84.2 Å². The monoisotopic (exact) mass is 277 g/mol. The number of nitrogens with two attached hydrogens (primary N) is 1. The van der Waals surface area contributed by atoms with Crippen molar-refractivity contribution < 1.29 is 14.0 Å². The SMILES string of the molecule is [B]c1ccc(NC(=O)NC(CC(C)C)C(N)=O)c(F)c1. The van der Waals surface area contributed by atoms with Crippen molar-refractivity contribution in [3.63, 3.8) is 0 Å². The highest BCUT2D eigenvalue weighted by Crippen LogP contribution is 2.11. The molecular weight excluding hydrogens is 260 g/mol. The van der Waals surface area contributed by atoms with Crippen molar-refractivity contribution in [3.05, 3.63) is 24.0 Å². The molecule has 5 nitrogen and oxygen atoms in total. The summed E-state index contributed by atoms with van der Waals surface area (Å²) in [6.07, 6.45) is 0.410. The average Bonchev–Trinajstić information content (AvgIpc) is 2.31. The van der Waals surface area contributed by atoms with E-state index in [2.05, 4.69) is 10.6 Å². The van der Waals surface area contributed by atoms with Gasteiger partial charge in [0, 0.05) is 0 Å². The van der Waals surface area contributed by atoms with E-state index in [1.54, 1.807) is 0 Å². The lowest BCUT2D eigenvalue weighted by molar-refractivity contribution is -0.120. The highest BCUT2D eigenvalue weighted by atomic mass is 19.1. The number of nitrogens with one attached hydrogen (secondary N) is 2. The Hall–Kier alpha value is -2.05. The Bertz CT molecular complexity index is 508. The first-order valence-corrected chi connectivity index (χ1v) is 6.21. The fraction of sp³-hybridized carbons (Fsp3) is 0.385. The molecule has 106 valence electrons. The van der Waals surface area contributed by atoms with Crippen LogP contribution in [0.2, 0.25) is 0 Å². The normalized spacial score (nSPS) is 12.0. The maximum atomic E-state index is 13.5. The molecule has 0 saturated carbocycles. The molecule has 3 amide bonds. The van der Waals surface area contributed by atoms with Crippen molar-refractivity contribution in [1.82, 2.24) is 5.32 Å². The third-order valence-electron chi connectivity index (χ3n) is 2.60. The maximum Gasteiger partial charge on any atom is 0.319 e. The summed E-state index contributed by atoms with van der Waals surface area (Å²) >= 11 is 0. The van der Waals surface area contributed by atoms with E-state index in [0.29, 0.717) is 6.42 Å². The first-order valence-electron chi connectivity index (χ1n) is 6.21. The number of halogens is 1. The van der Waals surface area contributed by atoms with E-state index in [1.165, 1.54) is 12.1 Å². The van der Waals surface area contributed by atoms with Gasteiger partial charge >= 0.3 is 6.03 Å². The summed E-state index contributed by atoms with van der Waals surface area (Å²) in [5, 5.41) is 4.72. The highest BCUT2D eigenvalue weighted by Gasteiger charge is 2.19. The number of carbonyl (C=O) groups is 2. The Kier molecular flexibility index (Phi) is 5.55. The minimum absolute atomic E-state index is 0.0236. The average molecular weight is 277 g/mol. The Balaban J connectivity index is 2.68. The molecule has 0 bridgehead atoms. The number of urea groups is 1. The molecule has 0 aromatic heterocycles. The van der Waals surface area contributed by atoms with Gasteiger partial charge in [0.15, 0.2) is 0 Å². The largest absolute Gasteiger partial charge is 0.368 e. The molecule has 1 aromatic rings. The molecule has 1 unspecified atom stereocenters. The zero-order valence-corrected chi connectivity index (χ0v) is 11.4. The molecule has 1 rings (SSSR count). The Morgan fingerprint density at radius 2 is 2.05 bits per heavy atom. The van der Waals surface area contributed by atoms with Crippen molar-refractivity contribution in [2.75, 3.05) is 5.32 Å². The Morgan fingerprint density at radius 1 is 1.40 bits per heavy atom. The number of primary amides is 1. The van der Waals surface area contributed by atoms with Crippen LogP contribution in [0.1, 0.15) is 20.3 Å². The molecule has 2 radical (unpaired) electrons. The minimum atomic E-state index is -0.799. The Labute approximate surface area is 118 Å². The second-order valence-corrected chi connectivity index (χ2v) is 4.92. The predicted molar refractivity (Wildman–Crippen MR) is 76.4 cm³/mol. The second-order valence-electron chi connectivity index (χ2n) is 4.92. The van der Waals surface area contributed by atoms with E-state index >= 15 is 0 Å². The van der Waals surface area contributed by atoms with E-state index in [1.807, 2.05) is 13.8 Å². The minimum Gasteiger partial charge on any atom is -0.368 e. The zero-order chi connectivity index (χ0) is 15.3. The van der Waals surface area contributed by atoms with E-state index in [0.717, 1.165) is 6.07 Å². The van der Waals surface area contributed by atoms with Gasteiger partial charge in [-0.3, -0.25) is 4.79 Å². The summed E-state index contributed by atoms with van der Waals surface area (Å²) in [7, 11) is 5.40. The number of benzene rings is 1. The van der Waals surface area contributed by atoms with E-state index in [-0.39, 0.29) is 17.1 Å². The number of rotatable bonds is 5. The van der Waals surface area contributed by atoms with Gasteiger partial charge in [0.25, 0.3) is 0 Å². The van der Waals surface area contributed by atoms with Crippen LogP contribution in [0.4, 0.5) is 14.9 Å². The quantitative estimate of drug-likeness (QED) is 0.690. The molecule has 4 N–H and O–H groups in total. The third kappa shape index (κ3) is 4.91. The number of amides is 3. The van der Waals surface area contributed by atoms with Crippen LogP contribution in [0.3, 0.4) is 0 Å². The summed E-state index contributed by atoms with van der Waals surface area (Å²) in [5.74, 6) is -1.10. The van der Waals surface area contributed by atoms with Gasteiger partial charge in [0.1, 0.15) is 19.7 Å². The number of carbonyl (C=O) groups excluding carboxylic acids is 2. The van der Waals surface area contributed by atoms with Crippen LogP contribution in [0, 0.1) is 11.7 Å². The Morgan fingerprint density at radius 3 is 2.55 bits per heavy atom. The van der Waals surface area contributed by atoms with Gasteiger partial charge in [-0.05, 0) is 24.5 Å². The van der Waals surface area contributed by atoms with Crippen LogP contribution in [0.15, 0.2) is 18.2 Å². The first kappa shape index (κ1) is 16.0. The van der Waals surface area contributed by atoms with Crippen LogP contribution in [-0.4, -0.2) is 25.8 Å². The molecule has 0 aliphatic heterocycles. The molecule has 0 aliphatic carbocycles. The predicted octanol–water partition coefficient (Wildman–Crippen LogP) is 0.641. The maximum absolute atomic E-state index is 13.5. The molecule has 20 heavy (non-hydrogen) atoms. The fourth-order valence-electron chi connectivity index (χ4n) is 1.67. The molecule has 1 aromatic carbocycles. The fourth-order valence-corrected chi connectivity index (χ4v) is 1.67. The number of anilines is 1. The first-order chi connectivity index (χ1) is 9.29. The summed E-state index contributed by atoms with van der Waals surface area (Å²) in [4.78, 5) is 22.9. The summed E-state index contributed by atoms with van der Waals surface area (Å²) in [6, 6.07) is 2.39. The van der Waals surface area contributed by atoms with Gasteiger partial charge in [-0.2, -0.15) is 0 Å². The van der Waals surface area contributed by atoms with Crippen molar-refractivity contribution >= 4 is 30.9 Å². The van der Waals surface area contributed by atoms with Crippen LogP contribution < -0.4 is 21.8 Å². The van der Waals surface area contributed by atoms with Gasteiger partial charge in [0.2, 0.25) is 5.91 Å². The van der Waals surface area contributed by atoms with Crippen molar-refractivity contribution in [3.8, 4) is 0 Å². The van der Waals surface area contributed by atoms with E-state index < -0.39 is 23.8 Å². The molecule has 0 spiro atoms. The van der Waals surface area contributed by atoms with Crippen LogP contribution in [-0.2, 0) is 4.79 Å². The smallest absolute Gasteiger partial charge is 0.319 e. The number of hydrogen-bond donors (Lipinski definition) is 3. The van der Waals surface area contributed by atoms with E-state index in [4.69, 9.17) is 13.6 Å². The van der Waals surface area contributed by atoms with E-state index in [9.17, 15) is 14.0 Å². The van der Waals surface area contributed by atoms with Crippen LogP contribution >= 0.6 is 0 Å². The van der Waals surface area contributed by atoms with Crippen molar-refractivity contribution in [2.45, 2.75) is 26.3 Å². The lowest BCUT2D eigenvalue weighted by Crippen LogP contribution is -2.46. The lowest BCUT2D eigenvalue weighted by atomic mass is 9.96. The van der Waals surface area contributed by atoms with Crippen molar-refractivity contribution in [1.29, 1.82) is 0 Å². The molecule has 7 heteroatoms. The second kappa shape index (κ2) is 6.93. The molecule has 0 heterocycles.